The highest BCUT2D eigenvalue weighted by atomic mass is 35.5. The predicted octanol–water partition coefficient (Wildman–Crippen LogP) is 4.19. The summed E-state index contributed by atoms with van der Waals surface area (Å²) in [7, 11) is -3.31. The smallest absolute Gasteiger partial charge is 0.245 e. The second-order valence-corrected chi connectivity index (χ2v) is 16.5. The van der Waals surface area contributed by atoms with Crippen molar-refractivity contribution in [2.45, 2.75) is 89.4 Å². The van der Waals surface area contributed by atoms with Gasteiger partial charge in [-0.2, -0.15) is 0 Å². The third-order valence-electron chi connectivity index (χ3n) is 10.4. The van der Waals surface area contributed by atoms with E-state index in [9.17, 15) is 18.0 Å². The molecule has 2 aliphatic heterocycles. The van der Waals surface area contributed by atoms with Crippen molar-refractivity contribution >= 4 is 33.4 Å². The molecular formula is C36H52ClN5O4S. The first kappa shape index (κ1) is 35.8. The third-order valence-corrected chi connectivity index (χ3v) is 12.0. The number of fused-ring (bicyclic) bond motifs is 1. The van der Waals surface area contributed by atoms with Crippen molar-refractivity contribution in [3.05, 3.63) is 70.2 Å². The van der Waals surface area contributed by atoms with Gasteiger partial charge in [0.05, 0.1) is 12.3 Å². The minimum atomic E-state index is -3.31. The average molecular weight is 686 g/mol. The summed E-state index contributed by atoms with van der Waals surface area (Å²) < 4.78 is 26.7. The molecule has 3 atom stereocenters. The van der Waals surface area contributed by atoms with Gasteiger partial charge in [0.2, 0.25) is 21.8 Å². The Hall–Kier alpha value is -2.50. The van der Waals surface area contributed by atoms with Gasteiger partial charge in [0.25, 0.3) is 0 Å². The first-order valence-corrected chi connectivity index (χ1v) is 19.5. The number of nitrogens with one attached hydrogen (secondary N) is 2. The molecule has 2 heterocycles. The maximum absolute atomic E-state index is 14.2. The molecule has 258 valence electrons. The molecule has 2 aromatic rings. The van der Waals surface area contributed by atoms with E-state index in [4.69, 9.17) is 11.6 Å². The second-order valence-electron chi connectivity index (χ2n) is 14.1. The molecule has 1 saturated carbocycles. The van der Waals surface area contributed by atoms with Gasteiger partial charge in [-0.05, 0) is 67.9 Å². The van der Waals surface area contributed by atoms with Gasteiger partial charge in [-0.1, -0.05) is 74.2 Å². The quantitative estimate of drug-likeness (QED) is 0.368. The predicted molar refractivity (Wildman–Crippen MR) is 188 cm³/mol. The molecule has 2 fully saturated rings. The van der Waals surface area contributed by atoms with E-state index in [0.717, 1.165) is 24.0 Å². The van der Waals surface area contributed by atoms with Gasteiger partial charge in [-0.25, -0.2) is 12.7 Å². The summed E-state index contributed by atoms with van der Waals surface area (Å²) in [6.07, 6.45) is 8.01. The number of hydrogen-bond acceptors (Lipinski definition) is 6. The summed E-state index contributed by atoms with van der Waals surface area (Å²) in [4.78, 5) is 32.3. The van der Waals surface area contributed by atoms with Crippen LogP contribution in [0.4, 0.5) is 0 Å². The topological polar surface area (TPSA) is 102 Å². The molecule has 3 aliphatic rings. The molecule has 2 aromatic carbocycles. The number of amides is 2. The lowest BCUT2D eigenvalue weighted by atomic mass is 9.82. The van der Waals surface area contributed by atoms with Crippen LogP contribution < -0.4 is 10.6 Å². The van der Waals surface area contributed by atoms with E-state index in [1.54, 1.807) is 4.31 Å². The van der Waals surface area contributed by atoms with E-state index in [2.05, 4.69) is 41.5 Å². The Balaban J connectivity index is 1.30. The van der Waals surface area contributed by atoms with Crippen molar-refractivity contribution in [3.63, 3.8) is 0 Å². The number of carbonyl (C=O) groups excluding carboxylic acids is 2. The van der Waals surface area contributed by atoms with Crippen molar-refractivity contribution in [2.75, 3.05) is 45.5 Å². The summed E-state index contributed by atoms with van der Waals surface area (Å²) >= 11 is 6.15. The molecule has 0 aromatic heterocycles. The normalized spacial score (nSPS) is 22.0. The van der Waals surface area contributed by atoms with Crippen LogP contribution >= 0.6 is 11.6 Å². The van der Waals surface area contributed by atoms with Crippen LogP contribution in [0.5, 0.6) is 0 Å². The molecule has 1 saturated heterocycles. The molecule has 0 spiro atoms. The van der Waals surface area contributed by atoms with Gasteiger partial charge in [-0.3, -0.25) is 19.8 Å². The van der Waals surface area contributed by atoms with Gasteiger partial charge >= 0.3 is 0 Å². The van der Waals surface area contributed by atoms with E-state index in [-0.39, 0.29) is 23.4 Å². The van der Waals surface area contributed by atoms with Crippen LogP contribution in [-0.2, 0) is 38.0 Å². The molecular weight excluding hydrogens is 634 g/mol. The van der Waals surface area contributed by atoms with E-state index < -0.39 is 22.1 Å². The summed E-state index contributed by atoms with van der Waals surface area (Å²) in [5, 5.41) is 7.27. The first-order valence-electron chi connectivity index (χ1n) is 17.2. The average Bonchev–Trinajstić information content (AvgIpc) is 3.05. The van der Waals surface area contributed by atoms with Gasteiger partial charge in [0.15, 0.2) is 0 Å². The Bertz CT molecular complexity index is 1490. The van der Waals surface area contributed by atoms with Gasteiger partial charge in [-0.15, -0.1) is 0 Å². The Morgan fingerprint density at radius 1 is 1.02 bits per heavy atom. The van der Waals surface area contributed by atoms with Crippen LogP contribution in [0.15, 0.2) is 48.5 Å². The molecule has 9 nitrogen and oxygen atoms in total. The summed E-state index contributed by atoms with van der Waals surface area (Å²) in [5.41, 5.74) is 2.85. The fraction of sp³-hybridized carbons (Fsp3) is 0.611. The summed E-state index contributed by atoms with van der Waals surface area (Å²) in [6, 6.07) is 14.5. The number of nitrogens with zero attached hydrogens (tertiary/aromatic N) is 3. The van der Waals surface area contributed by atoms with Crippen LogP contribution in [0, 0.1) is 5.92 Å². The Kier molecular flexibility index (Phi) is 11.7. The minimum Gasteiger partial charge on any atom is -0.343 e. The number of rotatable bonds is 11. The summed E-state index contributed by atoms with van der Waals surface area (Å²) in [6.45, 7) is 9.39. The zero-order chi connectivity index (χ0) is 33.8. The number of halogens is 1. The lowest BCUT2D eigenvalue weighted by molar-refractivity contribution is -0.139. The van der Waals surface area contributed by atoms with Crippen LogP contribution in [0.2, 0.25) is 5.02 Å². The molecule has 47 heavy (non-hydrogen) atoms. The largest absolute Gasteiger partial charge is 0.343 e. The van der Waals surface area contributed by atoms with Crippen LogP contribution in [0.3, 0.4) is 0 Å². The maximum Gasteiger partial charge on any atom is 0.245 e. The lowest BCUT2D eigenvalue weighted by Crippen LogP contribution is -2.61. The van der Waals surface area contributed by atoms with Crippen molar-refractivity contribution in [1.82, 2.24) is 24.7 Å². The molecule has 0 bridgehead atoms. The number of sulfonamides is 1. The SMILES string of the molecule is CCN(CC(C1CCCCC1)N1CCN(C(=O)[C@@H](Cc2ccc(Cl)cc2)NC(=O)C2Cc3ccccc3C(C)(C)N2)CC1)S(C)(=O)=O. The number of hydrogen-bond donors (Lipinski definition) is 2. The van der Waals surface area contributed by atoms with Gasteiger partial charge in [0, 0.05) is 62.3 Å². The Morgan fingerprint density at radius 2 is 1.68 bits per heavy atom. The fourth-order valence-corrected chi connectivity index (χ4v) is 8.88. The molecule has 1 aliphatic carbocycles. The monoisotopic (exact) mass is 685 g/mol. The highest BCUT2D eigenvalue weighted by Crippen LogP contribution is 2.32. The third kappa shape index (κ3) is 8.95. The molecule has 5 rings (SSSR count). The highest BCUT2D eigenvalue weighted by Gasteiger charge is 2.39. The maximum atomic E-state index is 14.2. The molecule has 2 unspecified atom stereocenters. The van der Waals surface area contributed by atoms with Crippen molar-refractivity contribution in [1.29, 1.82) is 0 Å². The van der Waals surface area contributed by atoms with E-state index >= 15 is 0 Å². The Labute approximate surface area is 286 Å². The minimum absolute atomic E-state index is 0.0936. The van der Waals surface area contributed by atoms with Gasteiger partial charge in [0.1, 0.15) is 6.04 Å². The number of benzene rings is 2. The first-order chi connectivity index (χ1) is 22.4. The van der Waals surface area contributed by atoms with Crippen LogP contribution in [-0.4, -0.2) is 98.0 Å². The van der Waals surface area contributed by atoms with Gasteiger partial charge < -0.3 is 10.2 Å². The fourth-order valence-electron chi connectivity index (χ4n) is 7.86. The summed E-state index contributed by atoms with van der Waals surface area (Å²) in [5.74, 6) is 0.163. The number of piperazine rings is 1. The molecule has 2 amide bonds. The van der Waals surface area contributed by atoms with Crippen molar-refractivity contribution in [2.24, 2.45) is 5.92 Å². The standard InChI is InChI=1S/C36H52ClN5O4S/c1-5-42(47(4,45)46)25-33(27-11-7-6-8-12-27)40-19-21-41(22-20-40)35(44)32(23-26-15-17-29(37)18-16-26)38-34(43)31-24-28-13-9-10-14-30(28)36(2,3)39-31/h9-10,13-18,27,31-33,39H,5-8,11-12,19-25H2,1-4H3,(H,38,43)/t31?,32-,33?/m1/s1. The van der Waals surface area contributed by atoms with Crippen LogP contribution in [0.1, 0.15) is 69.6 Å². The van der Waals surface area contributed by atoms with E-state index in [0.29, 0.717) is 63.1 Å². The second kappa shape index (κ2) is 15.4. The lowest BCUT2D eigenvalue weighted by Gasteiger charge is -2.45. The Morgan fingerprint density at radius 3 is 2.32 bits per heavy atom. The van der Waals surface area contributed by atoms with Crippen molar-refractivity contribution < 1.29 is 18.0 Å². The molecule has 11 heteroatoms. The zero-order valence-electron chi connectivity index (χ0n) is 28.4. The molecule has 0 radical (unpaired) electrons. The van der Waals surface area contributed by atoms with Crippen LogP contribution in [0.25, 0.3) is 0 Å². The van der Waals surface area contributed by atoms with Crippen molar-refractivity contribution in [3.8, 4) is 0 Å². The van der Waals surface area contributed by atoms with E-state index in [1.165, 1.54) is 31.1 Å². The highest BCUT2D eigenvalue weighted by molar-refractivity contribution is 7.88. The zero-order valence-corrected chi connectivity index (χ0v) is 30.0. The number of likely N-dealkylation sites (N-methyl/N-ethyl adjacent to an activating group) is 1. The molecule has 2 N–H and O–H groups in total. The number of carbonyl (C=O) groups is 2. The van der Waals surface area contributed by atoms with E-state index in [1.807, 2.05) is 48.2 Å².